The van der Waals surface area contributed by atoms with Crippen LogP contribution in [0.3, 0.4) is 0 Å². The van der Waals surface area contributed by atoms with Crippen LogP contribution in [0.1, 0.15) is 27.7 Å². The molecule has 2 heterocycles. The first kappa shape index (κ1) is 23.6. The Morgan fingerprint density at radius 2 is 1.16 bits per heavy atom. The van der Waals surface area contributed by atoms with E-state index in [-0.39, 0.29) is 0 Å². The Bertz CT molecular complexity index is 1560. The monoisotopic (exact) mass is 484 g/mol. The van der Waals surface area contributed by atoms with Crippen LogP contribution in [0.15, 0.2) is 103 Å². The van der Waals surface area contributed by atoms with Crippen molar-refractivity contribution >= 4 is 23.5 Å². The van der Waals surface area contributed by atoms with Gasteiger partial charge in [-0.2, -0.15) is 0 Å². The second-order valence-corrected chi connectivity index (χ2v) is 10.6. The molecule has 0 atom stereocenters. The number of hydrogen-bond donors (Lipinski definition) is 0. The zero-order chi connectivity index (χ0) is 25.6. The van der Waals surface area contributed by atoms with Crippen LogP contribution >= 0.6 is 0 Å². The fourth-order valence-electron chi connectivity index (χ4n) is 4.68. The SMILES string of the molecule is CC1(C)OB(c2cccc(-c3nc(-c4ccc(-c5ccccc5)cc4)nc4ccccc34)c2)OC1(C)C. The van der Waals surface area contributed by atoms with Crippen molar-refractivity contribution in [2.45, 2.75) is 38.9 Å². The van der Waals surface area contributed by atoms with Gasteiger partial charge in [0.2, 0.25) is 0 Å². The van der Waals surface area contributed by atoms with E-state index >= 15 is 0 Å². The second-order valence-electron chi connectivity index (χ2n) is 10.6. The number of aromatic nitrogens is 2. The summed E-state index contributed by atoms with van der Waals surface area (Å²) in [5.74, 6) is 0.703. The summed E-state index contributed by atoms with van der Waals surface area (Å²) in [5.41, 5.74) is 6.34. The molecule has 0 bridgehead atoms. The maximum atomic E-state index is 6.31. The van der Waals surface area contributed by atoms with Gasteiger partial charge < -0.3 is 9.31 Å². The number of para-hydroxylation sites is 1. The van der Waals surface area contributed by atoms with Gasteiger partial charge in [-0.15, -0.1) is 0 Å². The van der Waals surface area contributed by atoms with Crippen molar-refractivity contribution in [2.24, 2.45) is 0 Å². The van der Waals surface area contributed by atoms with Crippen LogP contribution in [0.4, 0.5) is 0 Å². The van der Waals surface area contributed by atoms with Gasteiger partial charge >= 0.3 is 7.12 Å². The fraction of sp³-hybridized carbons (Fsp3) is 0.188. The molecular formula is C32H29BN2O2. The number of nitrogens with zero attached hydrogens (tertiary/aromatic N) is 2. The lowest BCUT2D eigenvalue weighted by Crippen LogP contribution is -2.41. The van der Waals surface area contributed by atoms with Crippen LogP contribution in [-0.4, -0.2) is 28.3 Å². The normalized spacial score (nSPS) is 16.3. The van der Waals surface area contributed by atoms with Crippen LogP contribution < -0.4 is 5.46 Å². The zero-order valence-corrected chi connectivity index (χ0v) is 21.6. The average Bonchev–Trinajstić information content (AvgIpc) is 3.15. The summed E-state index contributed by atoms with van der Waals surface area (Å²) >= 11 is 0. The smallest absolute Gasteiger partial charge is 0.399 e. The third-order valence-corrected chi connectivity index (χ3v) is 7.54. The average molecular weight is 484 g/mol. The van der Waals surface area contributed by atoms with Crippen LogP contribution in [0.25, 0.3) is 44.7 Å². The van der Waals surface area contributed by atoms with E-state index in [0.717, 1.165) is 33.2 Å². The molecule has 1 fully saturated rings. The van der Waals surface area contributed by atoms with Crippen molar-refractivity contribution in [3.8, 4) is 33.8 Å². The van der Waals surface area contributed by atoms with Gasteiger partial charge in [-0.3, -0.25) is 0 Å². The van der Waals surface area contributed by atoms with Crippen LogP contribution in [0.2, 0.25) is 0 Å². The minimum absolute atomic E-state index is 0.394. The first-order valence-corrected chi connectivity index (χ1v) is 12.7. The molecular weight excluding hydrogens is 455 g/mol. The molecule has 37 heavy (non-hydrogen) atoms. The van der Waals surface area contributed by atoms with Crippen molar-refractivity contribution < 1.29 is 9.31 Å². The highest BCUT2D eigenvalue weighted by Crippen LogP contribution is 2.37. The molecule has 0 N–H and O–H groups in total. The highest BCUT2D eigenvalue weighted by Gasteiger charge is 2.51. The third kappa shape index (κ3) is 4.35. The predicted molar refractivity (Wildman–Crippen MR) is 152 cm³/mol. The molecule has 1 aromatic heterocycles. The highest BCUT2D eigenvalue weighted by atomic mass is 16.7. The van der Waals surface area contributed by atoms with Crippen LogP contribution in [0.5, 0.6) is 0 Å². The van der Waals surface area contributed by atoms with Crippen molar-refractivity contribution in [1.29, 1.82) is 0 Å². The van der Waals surface area contributed by atoms with Gasteiger partial charge in [0.1, 0.15) is 0 Å². The topological polar surface area (TPSA) is 44.2 Å². The Labute approximate surface area is 218 Å². The Morgan fingerprint density at radius 1 is 0.568 bits per heavy atom. The van der Waals surface area contributed by atoms with Crippen molar-refractivity contribution in [1.82, 2.24) is 9.97 Å². The fourth-order valence-corrected chi connectivity index (χ4v) is 4.68. The largest absolute Gasteiger partial charge is 0.494 e. The number of hydrogen-bond acceptors (Lipinski definition) is 4. The molecule has 1 aliphatic rings. The Kier molecular flexibility index (Phi) is 5.71. The molecule has 0 aliphatic carbocycles. The van der Waals surface area contributed by atoms with E-state index < -0.39 is 18.3 Å². The maximum Gasteiger partial charge on any atom is 0.494 e. The summed E-state index contributed by atoms with van der Waals surface area (Å²) in [6, 6.07) is 35.3. The lowest BCUT2D eigenvalue weighted by atomic mass is 9.78. The summed E-state index contributed by atoms with van der Waals surface area (Å²) in [4.78, 5) is 9.99. The minimum Gasteiger partial charge on any atom is -0.399 e. The van der Waals surface area contributed by atoms with Crippen LogP contribution in [0, 0.1) is 0 Å². The van der Waals surface area contributed by atoms with Gasteiger partial charge in [-0.05, 0) is 50.4 Å². The van der Waals surface area contributed by atoms with E-state index in [9.17, 15) is 0 Å². The standard InChI is InChI=1S/C32H29BN2O2/c1-31(2)32(3,4)37-33(36-31)26-14-10-13-25(21-26)29-27-15-8-9-16-28(27)34-30(35-29)24-19-17-23(18-20-24)22-11-6-5-7-12-22/h5-21H,1-4H3. The van der Waals surface area contributed by atoms with Gasteiger partial charge in [0.25, 0.3) is 0 Å². The van der Waals surface area contributed by atoms with E-state index in [2.05, 4.69) is 100 Å². The summed E-state index contributed by atoms with van der Waals surface area (Å²) in [7, 11) is -0.428. The summed E-state index contributed by atoms with van der Waals surface area (Å²) in [5, 5.41) is 1.01. The maximum absolute atomic E-state index is 6.31. The summed E-state index contributed by atoms with van der Waals surface area (Å²) < 4.78 is 12.6. The molecule has 0 radical (unpaired) electrons. The number of fused-ring (bicyclic) bond motifs is 1. The molecule has 0 unspecified atom stereocenters. The molecule has 6 rings (SSSR count). The molecule has 0 spiro atoms. The Balaban J connectivity index is 1.41. The van der Waals surface area contributed by atoms with E-state index in [1.165, 1.54) is 11.1 Å². The molecule has 1 aliphatic heterocycles. The Hall–Kier alpha value is -3.80. The first-order valence-electron chi connectivity index (χ1n) is 12.7. The van der Waals surface area contributed by atoms with Gasteiger partial charge in [-0.1, -0.05) is 97.1 Å². The Morgan fingerprint density at radius 3 is 1.89 bits per heavy atom. The summed E-state index contributed by atoms with van der Waals surface area (Å²) in [6.07, 6.45) is 0. The molecule has 4 nitrogen and oxygen atoms in total. The zero-order valence-electron chi connectivity index (χ0n) is 21.6. The van der Waals surface area contributed by atoms with Crippen molar-refractivity contribution in [3.63, 3.8) is 0 Å². The predicted octanol–water partition coefficient (Wildman–Crippen LogP) is 6.93. The summed E-state index contributed by atoms with van der Waals surface area (Å²) in [6.45, 7) is 8.29. The van der Waals surface area contributed by atoms with Gasteiger partial charge in [0, 0.05) is 16.5 Å². The number of benzene rings is 4. The molecule has 5 aromatic rings. The van der Waals surface area contributed by atoms with Crippen molar-refractivity contribution in [3.05, 3.63) is 103 Å². The molecule has 0 saturated carbocycles. The van der Waals surface area contributed by atoms with Crippen molar-refractivity contribution in [2.75, 3.05) is 0 Å². The first-order chi connectivity index (χ1) is 17.8. The van der Waals surface area contributed by atoms with E-state index in [4.69, 9.17) is 19.3 Å². The van der Waals surface area contributed by atoms with E-state index in [1.807, 2.05) is 30.3 Å². The lowest BCUT2D eigenvalue weighted by molar-refractivity contribution is 0.00578. The molecule has 0 amide bonds. The highest BCUT2D eigenvalue weighted by molar-refractivity contribution is 6.62. The second kappa shape index (κ2) is 8.95. The number of rotatable bonds is 4. The third-order valence-electron chi connectivity index (χ3n) is 7.54. The molecule has 1 saturated heterocycles. The van der Waals surface area contributed by atoms with E-state index in [1.54, 1.807) is 0 Å². The van der Waals surface area contributed by atoms with Gasteiger partial charge in [0.05, 0.1) is 22.4 Å². The minimum atomic E-state index is -0.428. The molecule has 182 valence electrons. The molecule has 4 aromatic carbocycles. The molecule has 5 heteroatoms. The van der Waals surface area contributed by atoms with Gasteiger partial charge in [-0.25, -0.2) is 9.97 Å². The van der Waals surface area contributed by atoms with E-state index in [0.29, 0.717) is 5.82 Å². The lowest BCUT2D eigenvalue weighted by Gasteiger charge is -2.32. The van der Waals surface area contributed by atoms with Crippen LogP contribution in [-0.2, 0) is 9.31 Å². The van der Waals surface area contributed by atoms with Gasteiger partial charge in [0.15, 0.2) is 5.82 Å². The quantitative estimate of drug-likeness (QED) is 0.260.